The van der Waals surface area contributed by atoms with Crippen molar-refractivity contribution in [2.45, 2.75) is 5.75 Å². The zero-order chi connectivity index (χ0) is 18.7. The molecular weight excluding hydrogens is 357 g/mol. The predicted octanol–water partition coefficient (Wildman–Crippen LogP) is 3.45. The maximum Gasteiger partial charge on any atom is 0.339 e. The van der Waals surface area contributed by atoms with Crippen LogP contribution in [0.4, 0.5) is 4.39 Å². The van der Waals surface area contributed by atoms with Crippen molar-refractivity contribution >= 4 is 17.0 Å². The molecule has 3 rings (SSSR count). The molecule has 0 spiro atoms. The molecule has 0 fully saturated rings. The highest BCUT2D eigenvalue weighted by Crippen LogP contribution is 2.27. The minimum absolute atomic E-state index is 0.0628. The van der Waals surface area contributed by atoms with Gasteiger partial charge in [0.05, 0.1) is 18.4 Å². The Morgan fingerprint density at radius 2 is 1.81 bits per heavy atom. The van der Waals surface area contributed by atoms with E-state index >= 15 is 0 Å². The van der Waals surface area contributed by atoms with Gasteiger partial charge in [-0.3, -0.25) is 4.21 Å². The second-order valence-corrected chi connectivity index (χ2v) is 6.49. The summed E-state index contributed by atoms with van der Waals surface area (Å²) in [4.78, 5) is 11.9. The molecule has 26 heavy (non-hydrogen) atoms. The van der Waals surface area contributed by atoms with Gasteiger partial charge >= 0.3 is 5.97 Å². The average molecular weight is 372 g/mol. The van der Waals surface area contributed by atoms with E-state index < -0.39 is 17.0 Å². The number of methoxy groups -OCH3 is 1. The van der Waals surface area contributed by atoms with Crippen LogP contribution in [0.2, 0.25) is 0 Å². The minimum Gasteiger partial charge on any atom is -0.772 e. The molecule has 134 valence electrons. The molecule has 1 heterocycles. The molecule has 1 atom stereocenters. The van der Waals surface area contributed by atoms with Crippen molar-refractivity contribution in [2.75, 3.05) is 7.11 Å². The summed E-state index contributed by atoms with van der Waals surface area (Å²) in [6, 6.07) is 14.5. The molecule has 0 radical (unpaired) electrons. The average Bonchev–Trinajstić information content (AvgIpc) is 3.07. The number of benzene rings is 2. The third-order valence-electron chi connectivity index (χ3n) is 3.88. The normalized spacial score (nSPS) is 12.0. The van der Waals surface area contributed by atoms with E-state index in [1.54, 1.807) is 53.2 Å². The number of esters is 1. The molecule has 0 amide bonds. The molecule has 0 N–H and O–H groups in total. The second-order valence-electron chi connectivity index (χ2n) is 5.60. The fourth-order valence-electron chi connectivity index (χ4n) is 2.64. The Kier molecular flexibility index (Phi) is 5.29. The van der Waals surface area contributed by atoms with Crippen molar-refractivity contribution in [1.29, 1.82) is 0 Å². The van der Waals surface area contributed by atoms with Crippen LogP contribution in [0.3, 0.4) is 0 Å². The van der Waals surface area contributed by atoms with Gasteiger partial charge < -0.3 is 13.9 Å². The molecule has 3 aromatic rings. The van der Waals surface area contributed by atoms with Gasteiger partial charge in [-0.2, -0.15) is 0 Å². The van der Waals surface area contributed by atoms with Crippen LogP contribution in [-0.2, 0) is 21.6 Å². The van der Waals surface area contributed by atoms with Gasteiger partial charge in [0, 0.05) is 17.6 Å². The Morgan fingerprint density at radius 1 is 1.15 bits per heavy atom. The van der Waals surface area contributed by atoms with E-state index in [0.29, 0.717) is 22.5 Å². The van der Waals surface area contributed by atoms with Crippen LogP contribution in [0.15, 0.2) is 60.8 Å². The Hall–Kier alpha value is -2.77. The van der Waals surface area contributed by atoms with Crippen molar-refractivity contribution in [2.24, 2.45) is 0 Å². The van der Waals surface area contributed by atoms with E-state index in [2.05, 4.69) is 0 Å². The molecule has 0 saturated heterocycles. The summed E-state index contributed by atoms with van der Waals surface area (Å²) in [5.74, 6) is -0.900. The number of carbonyl (C=O) groups is 1. The van der Waals surface area contributed by atoms with E-state index in [0.717, 1.165) is 5.56 Å². The molecule has 5 nitrogen and oxygen atoms in total. The quantitative estimate of drug-likeness (QED) is 0.508. The van der Waals surface area contributed by atoms with Crippen molar-refractivity contribution in [1.82, 2.24) is 4.57 Å². The number of rotatable bonds is 5. The van der Waals surface area contributed by atoms with E-state index in [4.69, 9.17) is 4.74 Å². The van der Waals surface area contributed by atoms with Crippen LogP contribution in [0.1, 0.15) is 15.9 Å². The third kappa shape index (κ3) is 3.89. The smallest absolute Gasteiger partial charge is 0.339 e. The van der Waals surface area contributed by atoms with Crippen LogP contribution in [0.25, 0.3) is 16.9 Å². The zero-order valence-electron chi connectivity index (χ0n) is 13.8. The highest BCUT2D eigenvalue weighted by atomic mass is 32.2. The molecule has 1 aromatic heterocycles. The van der Waals surface area contributed by atoms with Gasteiger partial charge in [-0.1, -0.05) is 35.3 Å². The first-order chi connectivity index (χ1) is 12.5. The van der Waals surface area contributed by atoms with Gasteiger partial charge in [0.15, 0.2) is 0 Å². The van der Waals surface area contributed by atoms with Crippen molar-refractivity contribution in [3.8, 4) is 16.9 Å². The van der Waals surface area contributed by atoms with E-state index in [9.17, 15) is 17.9 Å². The molecular formula is C19H15FNO4S-. The standard InChI is InChI=1S/C19H16FNO4S/c1-25-19(22)15-10-18(14-4-2-13(3-5-14)12-26(23)24)21(11-15)17-8-6-16(20)7-9-17/h2-11H,12H2,1H3,(H,23,24)/p-1. The van der Waals surface area contributed by atoms with Crippen LogP contribution < -0.4 is 0 Å². The van der Waals surface area contributed by atoms with Crippen LogP contribution >= 0.6 is 0 Å². The van der Waals surface area contributed by atoms with Crippen LogP contribution in [0.5, 0.6) is 0 Å². The van der Waals surface area contributed by atoms with Gasteiger partial charge in [0.25, 0.3) is 0 Å². The van der Waals surface area contributed by atoms with E-state index in [1.807, 2.05) is 0 Å². The Morgan fingerprint density at radius 3 is 2.38 bits per heavy atom. The van der Waals surface area contributed by atoms with Gasteiger partial charge in [0.1, 0.15) is 5.82 Å². The monoisotopic (exact) mass is 372 g/mol. The molecule has 0 aliphatic heterocycles. The number of nitrogens with zero attached hydrogens (tertiary/aromatic N) is 1. The van der Waals surface area contributed by atoms with Crippen LogP contribution in [-0.4, -0.2) is 26.4 Å². The van der Waals surface area contributed by atoms with Crippen molar-refractivity contribution in [3.63, 3.8) is 0 Å². The summed E-state index contributed by atoms with van der Waals surface area (Å²) in [5.41, 5.74) is 3.18. The SMILES string of the molecule is COC(=O)c1cc(-c2ccc(CS(=O)[O-])cc2)n(-c2ccc(F)cc2)c1. The summed E-state index contributed by atoms with van der Waals surface area (Å²) >= 11 is -2.16. The number of ether oxygens (including phenoxy) is 1. The fraction of sp³-hybridized carbons (Fsp3) is 0.105. The van der Waals surface area contributed by atoms with Crippen molar-refractivity contribution in [3.05, 3.63) is 77.7 Å². The minimum atomic E-state index is -2.16. The third-order valence-corrected chi connectivity index (χ3v) is 4.45. The van der Waals surface area contributed by atoms with E-state index in [-0.39, 0.29) is 11.6 Å². The Labute approximate surface area is 152 Å². The largest absolute Gasteiger partial charge is 0.772 e. The molecule has 0 aliphatic rings. The molecule has 2 aromatic carbocycles. The Bertz CT molecular complexity index is 949. The summed E-state index contributed by atoms with van der Waals surface area (Å²) in [6.45, 7) is 0. The lowest BCUT2D eigenvalue weighted by atomic mass is 10.1. The lowest BCUT2D eigenvalue weighted by Gasteiger charge is -2.10. The Balaban J connectivity index is 2.07. The van der Waals surface area contributed by atoms with Crippen LogP contribution in [0, 0.1) is 5.82 Å². The summed E-state index contributed by atoms with van der Waals surface area (Å²) in [7, 11) is 1.30. The highest BCUT2D eigenvalue weighted by molar-refractivity contribution is 7.78. The molecule has 0 bridgehead atoms. The molecule has 0 aliphatic carbocycles. The maximum absolute atomic E-state index is 13.2. The van der Waals surface area contributed by atoms with Gasteiger partial charge in [-0.05, 0) is 41.5 Å². The molecule has 7 heteroatoms. The first-order valence-corrected chi connectivity index (χ1v) is 8.94. The first kappa shape index (κ1) is 18.0. The van der Waals surface area contributed by atoms with Crippen molar-refractivity contribution < 1.29 is 22.7 Å². The lowest BCUT2D eigenvalue weighted by Crippen LogP contribution is -1.99. The predicted molar refractivity (Wildman–Crippen MR) is 95.1 cm³/mol. The number of carbonyl (C=O) groups excluding carboxylic acids is 1. The number of hydrogen-bond donors (Lipinski definition) is 0. The fourth-order valence-corrected chi connectivity index (χ4v) is 3.10. The molecule has 1 unspecified atom stereocenters. The number of hydrogen-bond acceptors (Lipinski definition) is 4. The summed E-state index contributed by atoms with van der Waals surface area (Å²) < 4.78 is 41.4. The van der Waals surface area contributed by atoms with Gasteiger partial charge in [-0.25, -0.2) is 9.18 Å². The van der Waals surface area contributed by atoms with Gasteiger partial charge in [-0.15, -0.1) is 0 Å². The highest BCUT2D eigenvalue weighted by Gasteiger charge is 2.15. The summed E-state index contributed by atoms with van der Waals surface area (Å²) in [5, 5.41) is 0. The zero-order valence-corrected chi connectivity index (χ0v) is 14.7. The van der Waals surface area contributed by atoms with Gasteiger partial charge in [0.2, 0.25) is 0 Å². The summed E-state index contributed by atoms with van der Waals surface area (Å²) in [6.07, 6.45) is 1.62. The lowest BCUT2D eigenvalue weighted by molar-refractivity contribution is 0.0601. The number of halogens is 1. The van der Waals surface area contributed by atoms with E-state index in [1.165, 1.54) is 19.2 Å². The molecule has 0 saturated carbocycles. The second kappa shape index (κ2) is 7.63. The topological polar surface area (TPSA) is 71.4 Å². The number of aromatic nitrogens is 1. The first-order valence-electron chi connectivity index (χ1n) is 7.70. The maximum atomic E-state index is 13.2.